The molecule has 0 spiro atoms. The van der Waals surface area contributed by atoms with E-state index in [1.807, 2.05) is 18.7 Å². The average molecular weight is 474 g/mol. The second kappa shape index (κ2) is 8.91. The summed E-state index contributed by atoms with van der Waals surface area (Å²) in [6.45, 7) is 5.92. The van der Waals surface area contributed by atoms with Crippen LogP contribution in [0.3, 0.4) is 0 Å². The van der Waals surface area contributed by atoms with Crippen molar-refractivity contribution < 1.29 is 9.72 Å². The van der Waals surface area contributed by atoms with E-state index < -0.39 is 0 Å². The van der Waals surface area contributed by atoms with Gasteiger partial charge in [-0.3, -0.25) is 24.3 Å². The number of thiophene rings is 1. The van der Waals surface area contributed by atoms with Crippen LogP contribution in [0.25, 0.3) is 10.2 Å². The molecule has 3 aromatic rings. The van der Waals surface area contributed by atoms with Gasteiger partial charge in [0, 0.05) is 44.2 Å². The lowest BCUT2D eigenvalue weighted by atomic mass is 10.2. The zero-order valence-corrected chi connectivity index (χ0v) is 19.7. The van der Waals surface area contributed by atoms with Crippen LogP contribution in [0.1, 0.15) is 10.4 Å². The fourth-order valence-corrected chi connectivity index (χ4v) is 5.73. The normalized spacial score (nSPS) is 14.2. The maximum atomic E-state index is 12.8. The van der Waals surface area contributed by atoms with Gasteiger partial charge < -0.3 is 9.80 Å². The van der Waals surface area contributed by atoms with Crippen LogP contribution in [-0.2, 0) is 11.8 Å². The van der Waals surface area contributed by atoms with Gasteiger partial charge in [-0.05, 0) is 25.5 Å². The maximum absolute atomic E-state index is 12.8. The predicted molar refractivity (Wildman–Crippen MR) is 127 cm³/mol. The Morgan fingerprint density at radius 2 is 1.91 bits per heavy atom. The largest absolute Gasteiger partial charge is 0.362 e. The third-order valence-corrected chi connectivity index (χ3v) is 7.86. The quantitative estimate of drug-likeness (QED) is 0.243. The number of carbonyl (C=O) groups is 1. The number of para-hydroxylation sites is 2. The zero-order chi connectivity index (χ0) is 23.0. The Kier molecular flexibility index (Phi) is 6.20. The molecule has 0 saturated carbocycles. The number of rotatable bonds is 5. The number of hydrogen-bond donors (Lipinski definition) is 0. The van der Waals surface area contributed by atoms with Crippen molar-refractivity contribution >= 4 is 50.6 Å². The van der Waals surface area contributed by atoms with Crippen molar-refractivity contribution in [2.24, 2.45) is 7.05 Å². The highest BCUT2D eigenvalue weighted by Crippen LogP contribution is 2.29. The first kappa shape index (κ1) is 22.3. The van der Waals surface area contributed by atoms with Crippen LogP contribution in [-0.4, -0.2) is 57.2 Å². The van der Waals surface area contributed by atoms with Gasteiger partial charge >= 0.3 is 0 Å². The highest BCUT2D eigenvalue weighted by Gasteiger charge is 2.26. The number of amides is 1. The molecule has 0 radical (unpaired) electrons. The molecule has 9 nitrogen and oxygen atoms in total. The molecule has 1 fully saturated rings. The first-order valence-corrected chi connectivity index (χ1v) is 11.9. The van der Waals surface area contributed by atoms with Crippen molar-refractivity contribution in [3.8, 4) is 0 Å². The fraction of sp³-hybridized carbons (Fsp3) is 0.381. The Morgan fingerprint density at radius 3 is 2.59 bits per heavy atom. The number of anilines is 1. The first-order chi connectivity index (χ1) is 15.3. The maximum Gasteiger partial charge on any atom is 0.292 e. The molecule has 0 N–H and O–H groups in total. The molecular weight excluding hydrogens is 450 g/mol. The molecule has 1 aromatic carbocycles. The van der Waals surface area contributed by atoms with Crippen LogP contribution in [0.4, 0.5) is 11.4 Å². The third-order valence-electron chi connectivity index (χ3n) is 5.75. The smallest absolute Gasteiger partial charge is 0.292 e. The zero-order valence-electron chi connectivity index (χ0n) is 18.0. The number of aromatic nitrogens is 2. The van der Waals surface area contributed by atoms with Gasteiger partial charge in [0.15, 0.2) is 5.16 Å². The molecule has 1 aliphatic rings. The van der Waals surface area contributed by atoms with Crippen LogP contribution < -0.4 is 10.5 Å². The Morgan fingerprint density at radius 1 is 1.22 bits per heavy atom. The molecule has 1 amide bonds. The Hall–Kier alpha value is -2.92. The van der Waals surface area contributed by atoms with E-state index in [9.17, 15) is 19.7 Å². The van der Waals surface area contributed by atoms with Gasteiger partial charge in [-0.25, -0.2) is 4.98 Å². The van der Waals surface area contributed by atoms with Gasteiger partial charge in [0.25, 0.3) is 11.2 Å². The average Bonchev–Trinajstić information content (AvgIpc) is 3.08. The molecule has 0 bridgehead atoms. The highest BCUT2D eigenvalue weighted by molar-refractivity contribution is 7.99. The second-order valence-corrected chi connectivity index (χ2v) is 9.77. The number of thioether (sulfide) groups is 1. The lowest BCUT2D eigenvalue weighted by Crippen LogP contribution is -2.49. The van der Waals surface area contributed by atoms with Crippen LogP contribution >= 0.6 is 23.1 Å². The Balaban J connectivity index is 1.41. The van der Waals surface area contributed by atoms with Crippen molar-refractivity contribution in [2.75, 3.05) is 36.8 Å². The van der Waals surface area contributed by atoms with Crippen LogP contribution in [0.5, 0.6) is 0 Å². The van der Waals surface area contributed by atoms with Crippen molar-refractivity contribution in [3.05, 3.63) is 55.2 Å². The summed E-state index contributed by atoms with van der Waals surface area (Å²) < 4.78 is 1.51. The van der Waals surface area contributed by atoms with E-state index in [4.69, 9.17) is 0 Å². The molecule has 168 valence electrons. The molecule has 3 heterocycles. The van der Waals surface area contributed by atoms with E-state index >= 15 is 0 Å². The molecule has 4 rings (SSSR count). The molecule has 0 unspecified atom stereocenters. The minimum absolute atomic E-state index is 0.0369. The number of piperazine rings is 1. The number of nitro groups is 1. The SMILES string of the molecule is Cc1sc2nc(SCC(=O)N3CCN(c4ccccc4[N+](=O)[O-])CC3)n(C)c(=O)c2c1C. The molecule has 0 atom stereocenters. The fourth-order valence-electron chi connectivity index (χ4n) is 3.79. The lowest BCUT2D eigenvalue weighted by Gasteiger charge is -2.35. The summed E-state index contributed by atoms with van der Waals surface area (Å²) in [5, 5.41) is 12.5. The minimum atomic E-state index is -0.381. The molecule has 2 aromatic heterocycles. The number of nitrogens with zero attached hydrogens (tertiary/aromatic N) is 5. The Bertz CT molecular complexity index is 1260. The highest BCUT2D eigenvalue weighted by atomic mass is 32.2. The molecular formula is C21H23N5O4S2. The number of hydrogen-bond acceptors (Lipinski definition) is 8. The third kappa shape index (κ3) is 4.09. The van der Waals surface area contributed by atoms with Gasteiger partial charge in [0.1, 0.15) is 10.5 Å². The molecule has 1 aliphatic heterocycles. The van der Waals surface area contributed by atoms with E-state index in [1.54, 1.807) is 30.1 Å². The summed E-state index contributed by atoms with van der Waals surface area (Å²) in [4.78, 5) is 46.5. The van der Waals surface area contributed by atoms with Crippen molar-refractivity contribution in [2.45, 2.75) is 19.0 Å². The number of nitro benzene ring substituents is 1. The van der Waals surface area contributed by atoms with E-state index in [-0.39, 0.29) is 27.8 Å². The summed E-state index contributed by atoms with van der Waals surface area (Å²) >= 11 is 2.75. The summed E-state index contributed by atoms with van der Waals surface area (Å²) in [6, 6.07) is 6.66. The van der Waals surface area contributed by atoms with Crippen LogP contribution in [0.2, 0.25) is 0 Å². The van der Waals surface area contributed by atoms with Crippen molar-refractivity contribution in [1.29, 1.82) is 0 Å². The second-order valence-electron chi connectivity index (χ2n) is 7.62. The first-order valence-electron chi connectivity index (χ1n) is 10.1. The number of carbonyl (C=O) groups excluding carboxylic acids is 1. The van der Waals surface area contributed by atoms with Gasteiger partial charge in [-0.2, -0.15) is 0 Å². The summed E-state index contributed by atoms with van der Waals surface area (Å²) in [6.07, 6.45) is 0. The van der Waals surface area contributed by atoms with Crippen molar-refractivity contribution in [3.63, 3.8) is 0 Å². The standard InChI is InChI=1S/C21H23N5O4S2/c1-13-14(2)32-19-18(13)20(28)23(3)21(22-19)31-12-17(27)25-10-8-24(9-11-25)15-6-4-5-7-16(15)26(29)30/h4-7H,8-12H2,1-3H3. The van der Waals surface area contributed by atoms with Crippen LogP contribution in [0.15, 0.2) is 34.2 Å². The summed E-state index contributed by atoms with van der Waals surface area (Å²) in [7, 11) is 1.68. The van der Waals surface area contributed by atoms with E-state index in [0.29, 0.717) is 47.2 Å². The summed E-state index contributed by atoms with van der Waals surface area (Å²) in [5.74, 6) is 0.144. The summed E-state index contributed by atoms with van der Waals surface area (Å²) in [5.41, 5.74) is 1.52. The van der Waals surface area contributed by atoms with Crippen molar-refractivity contribution in [1.82, 2.24) is 14.5 Å². The predicted octanol–water partition coefficient (Wildman–Crippen LogP) is 2.96. The molecule has 32 heavy (non-hydrogen) atoms. The Labute approximate surface area is 192 Å². The number of aryl methyl sites for hydroxylation is 2. The van der Waals surface area contributed by atoms with Gasteiger partial charge in [-0.15, -0.1) is 11.3 Å². The minimum Gasteiger partial charge on any atom is -0.362 e. The van der Waals surface area contributed by atoms with Gasteiger partial charge in [-0.1, -0.05) is 23.9 Å². The van der Waals surface area contributed by atoms with E-state index in [1.165, 1.54) is 33.7 Å². The monoisotopic (exact) mass is 473 g/mol. The van der Waals surface area contributed by atoms with Crippen LogP contribution in [0, 0.1) is 24.0 Å². The lowest BCUT2D eigenvalue weighted by molar-refractivity contribution is -0.384. The molecule has 0 aliphatic carbocycles. The van der Waals surface area contributed by atoms with Gasteiger partial charge in [0.2, 0.25) is 5.91 Å². The van der Waals surface area contributed by atoms with Gasteiger partial charge in [0.05, 0.1) is 16.1 Å². The number of benzene rings is 1. The molecule has 1 saturated heterocycles. The topological polar surface area (TPSA) is 102 Å². The van der Waals surface area contributed by atoms with E-state index in [0.717, 1.165) is 10.4 Å². The molecule has 11 heteroatoms. The van der Waals surface area contributed by atoms with E-state index in [2.05, 4.69) is 4.98 Å². The number of fused-ring (bicyclic) bond motifs is 1.